The van der Waals surface area contributed by atoms with E-state index < -0.39 is 10.0 Å². The normalized spacial score (nSPS) is 11.4. The first-order valence-electron chi connectivity index (χ1n) is 8.69. The molecule has 1 amide bonds. The Morgan fingerprint density at radius 3 is 2.38 bits per heavy atom. The third-order valence-electron chi connectivity index (χ3n) is 3.98. The summed E-state index contributed by atoms with van der Waals surface area (Å²) in [7, 11) is -0.551. The fourth-order valence-corrected chi connectivity index (χ4v) is 4.01. The van der Waals surface area contributed by atoms with Gasteiger partial charge in [0.15, 0.2) is 0 Å². The van der Waals surface area contributed by atoms with Crippen molar-refractivity contribution in [2.45, 2.75) is 9.92 Å². The third-order valence-corrected chi connectivity index (χ3v) is 6.73. The maximum Gasteiger partial charge on any atom is 0.242 e. The van der Waals surface area contributed by atoms with Gasteiger partial charge in [-0.25, -0.2) is 22.7 Å². The van der Waals surface area contributed by atoms with Crippen LogP contribution in [0.5, 0.6) is 0 Å². The van der Waals surface area contributed by atoms with Crippen molar-refractivity contribution in [1.82, 2.24) is 14.3 Å². The topological polar surface area (TPSA) is 92.3 Å². The predicted octanol–water partition coefficient (Wildman–Crippen LogP) is 3.12. The highest BCUT2D eigenvalue weighted by atomic mass is 32.2. The highest BCUT2D eigenvalue weighted by molar-refractivity contribution is 7.99. The first kappa shape index (κ1) is 21.0. The molecule has 0 fully saturated rings. The number of nitrogens with one attached hydrogen (secondary N) is 1. The van der Waals surface area contributed by atoms with Crippen molar-refractivity contribution in [2.24, 2.45) is 0 Å². The smallest absolute Gasteiger partial charge is 0.242 e. The Bertz CT molecular complexity index is 1090. The minimum absolute atomic E-state index is 0.170. The maximum absolute atomic E-state index is 12.2. The molecule has 0 aliphatic carbocycles. The number of amides is 1. The number of nitrogens with zero attached hydrogens (tertiary/aromatic N) is 3. The average Bonchev–Trinajstić information content (AvgIpc) is 2.73. The van der Waals surface area contributed by atoms with E-state index in [2.05, 4.69) is 15.3 Å². The van der Waals surface area contributed by atoms with Gasteiger partial charge in [0.05, 0.1) is 16.3 Å². The number of thioether (sulfide) groups is 1. The Kier molecular flexibility index (Phi) is 6.63. The lowest BCUT2D eigenvalue weighted by molar-refractivity contribution is -0.113. The van der Waals surface area contributed by atoms with Gasteiger partial charge in [-0.1, -0.05) is 42.1 Å². The van der Waals surface area contributed by atoms with Gasteiger partial charge in [-0.05, 0) is 30.3 Å². The van der Waals surface area contributed by atoms with E-state index in [4.69, 9.17) is 0 Å². The van der Waals surface area contributed by atoms with E-state index in [1.807, 2.05) is 36.4 Å². The van der Waals surface area contributed by atoms with E-state index >= 15 is 0 Å². The summed E-state index contributed by atoms with van der Waals surface area (Å²) in [6, 6.07) is 17.6. The van der Waals surface area contributed by atoms with Crippen LogP contribution in [0.25, 0.3) is 11.3 Å². The number of aromatic nitrogens is 2. The second-order valence-electron chi connectivity index (χ2n) is 6.26. The van der Waals surface area contributed by atoms with Crippen molar-refractivity contribution < 1.29 is 13.2 Å². The molecule has 0 saturated carbocycles. The number of benzene rings is 2. The van der Waals surface area contributed by atoms with Crippen LogP contribution in [0.2, 0.25) is 0 Å². The quantitative estimate of drug-likeness (QED) is 0.459. The lowest BCUT2D eigenvalue weighted by Crippen LogP contribution is -2.22. The van der Waals surface area contributed by atoms with Crippen LogP contribution in [0.15, 0.2) is 76.9 Å². The van der Waals surface area contributed by atoms with Crippen LogP contribution in [0.3, 0.4) is 0 Å². The second-order valence-corrected chi connectivity index (χ2v) is 9.40. The third kappa shape index (κ3) is 5.41. The summed E-state index contributed by atoms with van der Waals surface area (Å²) in [6.07, 6.45) is 1.48. The van der Waals surface area contributed by atoms with Crippen molar-refractivity contribution in [3.05, 3.63) is 67.0 Å². The maximum atomic E-state index is 12.2. The van der Waals surface area contributed by atoms with Crippen molar-refractivity contribution >= 4 is 33.4 Å². The van der Waals surface area contributed by atoms with Crippen LogP contribution < -0.4 is 5.32 Å². The zero-order valence-corrected chi connectivity index (χ0v) is 17.6. The number of rotatable bonds is 7. The molecule has 0 aliphatic heterocycles. The molecule has 3 rings (SSSR count). The average molecular weight is 429 g/mol. The Labute approximate surface area is 174 Å². The zero-order valence-electron chi connectivity index (χ0n) is 15.9. The van der Waals surface area contributed by atoms with Crippen molar-refractivity contribution in [3.8, 4) is 11.3 Å². The molecule has 1 N–H and O–H groups in total. The van der Waals surface area contributed by atoms with Gasteiger partial charge >= 0.3 is 0 Å². The molecule has 150 valence electrons. The summed E-state index contributed by atoms with van der Waals surface area (Å²) < 4.78 is 25.3. The molecular weight excluding hydrogens is 408 g/mol. The van der Waals surface area contributed by atoms with E-state index in [1.165, 1.54) is 44.3 Å². The lowest BCUT2D eigenvalue weighted by Gasteiger charge is -2.12. The number of hydrogen-bond acceptors (Lipinski definition) is 6. The van der Waals surface area contributed by atoms with Crippen LogP contribution in [0, 0.1) is 0 Å². The molecule has 0 unspecified atom stereocenters. The minimum Gasteiger partial charge on any atom is -0.325 e. The highest BCUT2D eigenvalue weighted by Gasteiger charge is 2.16. The number of anilines is 1. The van der Waals surface area contributed by atoms with E-state index in [9.17, 15) is 13.2 Å². The van der Waals surface area contributed by atoms with Gasteiger partial charge in [-0.2, -0.15) is 0 Å². The van der Waals surface area contributed by atoms with E-state index in [-0.39, 0.29) is 16.6 Å². The zero-order chi connectivity index (χ0) is 20.9. The predicted molar refractivity (Wildman–Crippen MR) is 114 cm³/mol. The summed E-state index contributed by atoms with van der Waals surface area (Å²) in [6.45, 7) is 0. The Hall–Kier alpha value is -2.75. The highest BCUT2D eigenvalue weighted by Crippen LogP contribution is 2.22. The molecule has 9 heteroatoms. The van der Waals surface area contributed by atoms with Crippen molar-refractivity contribution in [2.75, 3.05) is 25.2 Å². The summed E-state index contributed by atoms with van der Waals surface area (Å²) in [5, 5.41) is 3.45. The monoisotopic (exact) mass is 428 g/mol. The number of carbonyl (C=O) groups excluding carboxylic acids is 1. The standard InChI is InChI=1S/C20H20N4O3S2/c1-24(2)29(26,27)17-10-8-16(9-11-17)23-19(25)13-28-20-12-18(21-14-22-20)15-6-4-3-5-7-15/h3-12,14H,13H2,1-2H3,(H,23,25). The van der Waals surface area contributed by atoms with Crippen LogP contribution >= 0.6 is 11.8 Å². The SMILES string of the molecule is CN(C)S(=O)(=O)c1ccc(NC(=O)CSc2cc(-c3ccccc3)ncn2)cc1. The summed E-state index contributed by atoms with van der Waals surface area (Å²) in [4.78, 5) is 20.9. The number of sulfonamides is 1. The molecule has 0 atom stereocenters. The molecular formula is C20H20N4O3S2. The number of hydrogen-bond donors (Lipinski definition) is 1. The van der Waals surface area contributed by atoms with Gasteiger partial charge in [0.1, 0.15) is 11.4 Å². The molecule has 1 aromatic heterocycles. The summed E-state index contributed by atoms with van der Waals surface area (Å²) in [5.74, 6) is -0.0405. The minimum atomic E-state index is -3.49. The summed E-state index contributed by atoms with van der Waals surface area (Å²) >= 11 is 1.30. The van der Waals surface area contributed by atoms with Gasteiger partial charge < -0.3 is 5.32 Å². The Morgan fingerprint density at radius 2 is 1.72 bits per heavy atom. The molecule has 0 radical (unpaired) electrons. The van der Waals surface area contributed by atoms with Crippen molar-refractivity contribution in [3.63, 3.8) is 0 Å². The molecule has 0 saturated heterocycles. The molecule has 0 aliphatic rings. The molecule has 0 bridgehead atoms. The van der Waals surface area contributed by atoms with Crippen LogP contribution in [0.4, 0.5) is 5.69 Å². The number of carbonyl (C=O) groups is 1. The van der Waals surface area contributed by atoms with Gasteiger partial charge in [-0.3, -0.25) is 4.79 Å². The van der Waals surface area contributed by atoms with E-state index in [0.29, 0.717) is 10.7 Å². The molecule has 3 aromatic rings. The van der Waals surface area contributed by atoms with Crippen LogP contribution in [0.1, 0.15) is 0 Å². The van der Waals surface area contributed by atoms with E-state index in [0.717, 1.165) is 15.6 Å². The second kappa shape index (κ2) is 9.17. The Morgan fingerprint density at radius 1 is 1.03 bits per heavy atom. The van der Waals surface area contributed by atoms with Crippen molar-refractivity contribution in [1.29, 1.82) is 0 Å². The first-order valence-corrected chi connectivity index (χ1v) is 11.1. The van der Waals surface area contributed by atoms with E-state index in [1.54, 1.807) is 12.1 Å². The lowest BCUT2D eigenvalue weighted by atomic mass is 10.1. The Balaban J connectivity index is 1.59. The molecule has 2 aromatic carbocycles. The van der Waals surface area contributed by atoms with Gasteiger partial charge in [-0.15, -0.1) is 0 Å². The fraction of sp³-hybridized carbons (Fsp3) is 0.150. The van der Waals surface area contributed by atoms with Gasteiger partial charge in [0.2, 0.25) is 15.9 Å². The van der Waals surface area contributed by atoms with Gasteiger partial charge in [0, 0.05) is 25.3 Å². The first-order chi connectivity index (χ1) is 13.9. The van der Waals surface area contributed by atoms with Crippen LogP contribution in [-0.4, -0.2) is 48.4 Å². The molecule has 7 nitrogen and oxygen atoms in total. The van der Waals surface area contributed by atoms with Crippen LogP contribution in [-0.2, 0) is 14.8 Å². The summed E-state index contributed by atoms with van der Waals surface area (Å²) in [5.41, 5.74) is 2.30. The fourth-order valence-electron chi connectivity index (χ4n) is 2.44. The molecule has 29 heavy (non-hydrogen) atoms. The van der Waals surface area contributed by atoms with Gasteiger partial charge in [0.25, 0.3) is 0 Å². The largest absolute Gasteiger partial charge is 0.325 e. The molecule has 0 spiro atoms. The molecule has 1 heterocycles.